The van der Waals surface area contributed by atoms with Gasteiger partial charge in [-0.05, 0) is 33.6 Å². The zero-order chi connectivity index (χ0) is 12.7. The summed E-state index contributed by atoms with van der Waals surface area (Å²) < 4.78 is 4.00. The SMILES string of the molecule is Cc1cn(-c2ccn(C(C)C)n2)c(NC2CC2)n1. The summed E-state index contributed by atoms with van der Waals surface area (Å²) in [5.41, 5.74) is 1.01. The van der Waals surface area contributed by atoms with E-state index in [1.54, 1.807) is 0 Å². The Kier molecular flexibility index (Phi) is 2.61. The first-order valence-corrected chi connectivity index (χ1v) is 6.51. The second kappa shape index (κ2) is 4.15. The van der Waals surface area contributed by atoms with Crippen LogP contribution in [0.2, 0.25) is 0 Å². The van der Waals surface area contributed by atoms with Gasteiger partial charge in [-0.2, -0.15) is 5.10 Å². The molecule has 0 atom stereocenters. The van der Waals surface area contributed by atoms with Crippen molar-refractivity contribution in [1.82, 2.24) is 19.3 Å². The molecule has 5 heteroatoms. The maximum Gasteiger partial charge on any atom is 0.209 e. The number of hydrogen-bond acceptors (Lipinski definition) is 3. The summed E-state index contributed by atoms with van der Waals surface area (Å²) in [7, 11) is 0. The lowest BCUT2D eigenvalue weighted by molar-refractivity contribution is 0.530. The zero-order valence-electron chi connectivity index (χ0n) is 11.1. The zero-order valence-corrected chi connectivity index (χ0v) is 11.1. The van der Waals surface area contributed by atoms with Crippen LogP contribution in [0.1, 0.15) is 38.4 Å². The summed E-state index contributed by atoms with van der Waals surface area (Å²) in [5, 5.41) is 8.03. The monoisotopic (exact) mass is 245 g/mol. The molecule has 2 aromatic rings. The van der Waals surface area contributed by atoms with Crippen molar-refractivity contribution in [3.8, 4) is 5.82 Å². The minimum atomic E-state index is 0.378. The Bertz CT molecular complexity index is 547. The molecule has 1 saturated carbocycles. The number of aryl methyl sites for hydroxylation is 1. The Hall–Kier alpha value is -1.78. The van der Waals surface area contributed by atoms with Crippen molar-refractivity contribution in [2.75, 3.05) is 5.32 Å². The third-order valence-electron chi connectivity index (χ3n) is 3.11. The molecule has 3 rings (SSSR count). The third kappa shape index (κ3) is 2.12. The molecule has 0 spiro atoms. The van der Waals surface area contributed by atoms with Gasteiger partial charge in [0.25, 0.3) is 0 Å². The fourth-order valence-corrected chi connectivity index (χ4v) is 1.93. The molecule has 1 aliphatic rings. The molecule has 0 radical (unpaired) electrons. The summed E-state index contributed by atoms with van der Waals surface area (Å²) in [6.45, 7) is 6.26. The van der Waals surface area contributed by atoms with Crippen LogP contribution in [0.3, 0.4) is 0 Å². The summed E-state index contributed by atoms with van der Waals surface area (Å²) >= 11 is 0. The van der Waals surface area contributed by atoms with E-state index in [0.29, 0.717) is 12.1 Å². The molecule has 0 saturated heterocycles. The van der Waals surface area contributed by atoms with Gasteiger partial charge in [-0.15, -0.1) is 0 Å². The van der Waals surface area contributed by atoms with Gasteiger partial charge in [0.1, 0.15) is 0 Å². The van der Waals surface area contributed by atoms with Gasteiger partial charge in [0.05, 0.1) is 5.69 Å². The second-order valence-corrected chi connectivity index (χ2v) is 5.24. The van der Waals surface area contributed by atoms with Crippen molar-refractivity contribution < 1.29 is 0 Å². The van der Waals surface area contributed by atoms with E-state index in [9.17, 15) is 0 Å². The Labute approximate surface area is 107 Å². The summed E-state index contributed by atoms with van der Waals surface area (Å²) in [4.78, 5) is 4.52. The fraction of sp³-hybridized carbons (Fsp3) is 0.538. The van der Waals surface area contributed by atoms with Crippen LogP contribution in [0.4, 0.5) is 5.95 Å². The number of nitrogens with one attached hydrogen (secondary N) is 1. The molecule has 1 N–H and O–H groups in total. The van der Waals surface area contributed by atoms with Crippen molar-refractivity contribution in [2.24, 2.45) is 0 Å². The van der Waals surface area contributed by atoms with E-state index in [1.165, 1.54) is 12.8 Å². The van der Waals surface area contributed by atoms with E-state index < -0.39 is 0 Å². The van der Waals surface area contributed by atoms with E-state index >= 15 is 0 Å². The van der Waals surface area contributed by atoms with Crippen molar-refractivity contribution in [3.63, 3.8) is 0 Å². The minimum absolute atomic E-state index is 0.378. The first kappa shape index (κ1) is 11.3. The van der Waals surface area contributed by atoms with Gasteiger partial charge < -0.3 is 5.32 Å². The molecule has 2 heterocycles. The van der Waals surface area contributed by atoms with Crippen molar-refractivity contribution in [3.05, 3.63) is 24.2 Å². The van der Waals surface area contributed by atoms with Crippen LogP contribution >= 0.6 is 0 Å². The third-order valence-corrected chi connectivity index (χ3v) is 3.11. The van der Waals surface area contributed by atoms with E-state index in [2.05, 4.69) is 29.2 Å². The highest BCUT2D eigenvalue weighted by Gasteiger charge is 2.23. The van der Waals surface area contributed by atoms with Crippen LogP contribution in [0.25, 0.3) is 5.82 Å². The molecule has 2 aromatic heterocycles. The smallest absolute Gasteiger partial charge is 0.209 e. The van der Waals surface area contributed by atoms with E-state index in [1.807, 2.05) is 34.6 Å². The standard InChI is InChI=1S/C13H19N5/c1-9(2)18-7-6-12(16-18)17-8-10(3)14-13(17)15-11-4-5-11/h6-9,11H,4-5H2,1-3H3,(H,14,15). The van der Waals surface area contributed by atoms with Crippen molar-refractivity contribution in [1.29, 1.82) is 0 Å². The second-order valence-electron chi connectivity index (χ2n) is 5.24. The number of anilines is 1. The Morgan fingerprint density at radius 1 is 1.39 bits per heavy atom. The predicted octanol–water partition coefficient (Wildman–Crippen LogP) is 2.53. The molecule has 96 valence electrons. The van der Waals surface area contributed by atoms with Crippen molar-refractivity contribution in [2.45, 2.75) is 45.7 Å². The van der Waals surface area contributed by atoms with Crippen molar-refractivity contribution >= 4 is 5.95 Å². The maximum atomic E-state index is 4.58. The number of hydrogen-bond donors (Lipinski definition) is 1. The average Bonchev–Trinajstić information content (AvgIpc) is 2.87. The molecule has 1 fully saturated rings. The Balaban J connectivity index is 1.93. The van der Waals surface area contributed by atoms with Gasteiger partial charge in [-0.1, -0.05) is 0 Å². The number of nitrogens with zero attached hydrogens (tertiary/aromatic N) is 4. The average molecular weight is 245 g/mol. The molecule has 0 aromatic carbocycles. The lowest BCUT2D eigenvalue weighted by Gasteiger charge is -2.07. The first-order chi connectivity index (χ1) is 8.63. The van der Waals surface area contributed by atoms with Crippen LogP contribution in [-0.4, -0.2) is 25.4 Å². The summed E-state index contributed by atoms with van der Waals surface area (Å²) in [6.07, 6.45) is 6.52. The molecule has 0 bridgehead atoms. The van der Waals surface area contributed by atoms with Crippen LogP contribution in [-0.2, 0) is 0 Å². The molecule has 5 nitrogen and oxygen atoms in total. The van der Waals surface area contributed by atoms with E-state index in [4.69, 9.17) is 0 Å². The highest BCUT2D eigenvalue weighted by molar-refractivity contribution is 5.40. The molecule has 0 unspecified atom stereocenters. The minimum Gasteiger partial charge on any atom is -0.353 e. The largest absolute Gasteiger partial charge is 0.353 e. The molecular weight excluding hydrogens is 226 g/mol. The molecule has 0 amide bonds. The Morgan fingerprint density at radius 2 is 2.17 bits per heavy atom. The highest BCUT2D eigenvalue weighted by atomic mass is 15.4. The van der Waals surface area contributed by atoms with Crippen LogP contribution in [0.15, 0.2) is 18.5 Å². The number of rotatable bonds is 4. The van der Waals surface area contributed by atoms with Gasteiger partial charge in [0.15, 0.2) is 5.82 Å². The van der Waals surface area contributed by atoms with E-state index in [0.717, 1.165) is 17.5 Å². The maximum absolute atomic E-state index is 4.58. The van der Waals surface area contributed by atoms with Gasteiger partial charge in [-0.25, -0.2) is 4.98 Å². The molecular formula is C13H19N5. The Morgan fingerprint density at radius 3 is 2.78 bits per heavy atom. The van der Waals surface area contributed by atoms with Crippen LogP contribution in [0, 0.1) is 6.92 Å². The lowest BCUT2D eigenvalue weighted by atomic mass is 10.4. The fourth-order valence-electron chi connectivity index (χ4n) is 1.93. The van der Waals surface area contributed by atoms with Gasteiger partial charge >= 0.3 is 0 Å². The number of aromatic nitrogens is 4. The van der Waals surface area contributed by atoms with E-state index in [-0.39, 0.29) is 0 Å². The van der Waals surface area contributed by atoms with Gasteiger partial charge in [0, 0.05) is 30.5 Å². The summed E-state index contributed by atoms with van der Waals surface area (Å²) in [6, 6.07) is 3.00. The van der Waals surface area contributed by atoms with Gasteiger partial charge in [-0.3, -0.25) is 9.25 Å². The topological polar surface area (TPSA) is 47.7 Å². The highest BCUT2D eigenvalue weighted by Crippen LogP contribution is 2.25. The normalized spacial score (nSPS) is 15.3. The molecule has 18 heavy (non-hydrogen) atoms. The quantitative estimate of drug-likeness (QED) is 0.900. The lowest BCUT2D eigenvalue weighted by Crippen LogP contribution is -2.09. The molecule has 0 aliphatic heterocycles. The van der Waals surface area contributed by atoms with Gasteiger partial charge in [0.2, 0.25) is 5.95 Å². The van der Waals surface area contributed by atoms with Crippen LogP contribution < -0.4 is 5.32 Å². The van der Waals surface area contributed by atoms with Crippen LogP contribution in [0.5, 0.6) is 0 Å². The first-order valence-electron chi connectivity index (χ1n) is 6.51. The predicted molar refractivity (Wildman–Crippen MR) is 71.1 cm³/mol. The number of imidazole rings is 1. The summed E-state index contributed by atoms with van der Waals surface area (Å²) in [5.74, 6) is 1.83. The molecule has 1 aliphatic carbocycles.